The summed E-state index contributed by atoms with van der Waals surface area (Å²) in [4.78, 5) is 17.1. The summed E-state index contributed by atoms with van der Waals surface area (Å²) in [5.41, 5.74) is 4.30. The minimum atomic E-state index is -0.359. The van der Waals surface area contributed by atoms with Crippen LogP contribution in [0.15, 0.2) is 60.9 Å². The number of ether oxygens (including phenoxy) is 1. The molecule has 1 atom stereocenters. The van der Waals surface area contributed by atoms with Gasteiger partial charge in [-0.25, -0.2) is 4.98 Å². The van der Waals surface area contributed by atoms with Gasteiger partial charge in [-0.05, 0) is 48.7 Å². The van der Waals surface area contributed by atoms with Crippen LogP contribution < -0.4 is 10.1 Å². The van der Waals surface area contributed by atoms with Crippen molar-refractivity contribution in [2.75, 3.05) is 7.11 Å². The first-order valence-electron chi connectivity index (χ1n) is 9.15. The number of aromatic nitrogens is 2. The lowest BCUT2D eigenvalue weighted by Crippen LogP contribution is -2.29. The number of nitrogens with zero attached hydrogens (tertiary/aromatic N) is 2. The number of carbonyl (C=O) groups excluding carboxylic acids is 1. The average Bonchev–Trinajstić information content (AvgIpc) is 3.11. The van der Waals surface area contributed by atoms with Gasteiger partial charge in [-0.3, -0.25) is 4.79 Å². The van der Waals surface area contributed by atoms with E-state index in [-0.39, 0.29) is 11.9 Å². The summed E-state index contributed by atoms with van der Waals surface area (Å²) >= 11 is 0. The van der Waals surface area contributed by atoms with Crippen LogP contribution in [0.2, 0.25) is 0 Å². The number of rotatable bonds is 6. The zero-order valence-corrected chi connectivity index (χ0v) is 16.6. The lowest BCUT2D eigenvalue weighted by atomic mass is 10.0. The predicted octanol–water partition coefficient (Wildman–Crippen LogP) is 3.96. The van der Waals surface area contributed by atoms with E-state index in [2.05, 4.69) is 23.3 Å². The van der Waals surface area contributed by atoms with E-state index in [0.29, 0.717) is 0 Å². The Bertz CT molecular complexity index is 987. The van der Waals surface area contributed by atoms with Gasteiger partial charge in [-0.1, -0.05) is 35.9 Å². The van der Waals surface area contributed by atoms with Crippen LogP contribution in [0.4, 0.5) is 0 Å². The van der Waals surface area contributed by atoms with Crippen LogP contribution in [0, 0.1) is 13.8 Å². The average molecular weight is 375 g/mol. The van der Waals surface area contributed by atoms with E-state index < -0.39 is 0 Å². The maximum Gasteiger partial charge on any atom is 0.244 e. The Labute approximate surface area is 165 Å². The Balaban J connectivity index is 1.83. The van der Waals surface area contributed by atoms with E-state index in [4.69, 9.17) is 4.74 Å². The van der Waals surface area contributed by atoms with Crippen LogP contribution in [-0.2, 0) is 11.8 Å². The van der Waals surface area contributed by atoms with Crippen LogP contribution in [0.25, 0.3) is 6.08 Å². The molecule has 0 aliphatic rings. The van der Waals surface area contributed by atoms with Gasteiger partial charge in [0.05, 0.1) is 7.11 Å². The van der Waals surface area contributed by atoms with E-state index in [1.54, 1.807) is 19.4 Å². The van der Waals surface area contributed by atoms with Crippen molar-refractivity contribution in [1.82, 2.24) is 14.9 Å². The van der Waals surface area contributed by atoms with Gasteiger partial charge in [0, 0.05) is 25.5 Å². The molecule has 0 bridgehead atoms. The summed E-state index contributed by atoms with van der Waals surface area (Å²) in [6.07, 6.45) is 7.00. The van der Waals surface area contributed by atoms with Crippen LogP contribution >= 0.6 is 0 Å². The van der Waals surface area contributed by atoms with Crippen LogP contribution in [-0.4, -0.2) is 22.6 Å². The Kier molecular flexibility index (Phi) is 5.94. The molecule has 0 spiro atoms. The second-order valence-electron chi connectivity index (χ2n) is 6.80. The standard InChI is InChI=1S/C23H25N3O2/c1-16-5-6-18(17(2)15-16)9-12-21(27)25-22(23-24-13-14-26(23)3)19-7-10-20(28-4)11-8-19/h5-15,22H,1-4H3,(H,25,27)/b12-9+. The van der Waals surface area contributed by atoms with E-state index in [1.807, 2.05) is 67.2 Å². The number of hydrogen-bond donors (Lipinski definition) is 1. The number of hydrogen-bond acceptors (Lipinski definition) is 3. The number of benzene rings is 2. The third-order valence-corrected chi connectivity index (χ3v) is 4.69. The van der Waals surface area contributed by atoms with Gasteiger partial charge in [-0.2, -0.15) is 0 Å². The molecule has 0 aliphatic heterocycles. The highest BCUT2D eigenvalue weighted by atomic mass is 16.5. The lowest BCUT2D eigenvalue weighted by molar-refractivity contribution is -0.117. The number of carbonyl (C=O) groups is 1. The van der Waals surface area contributed by atoms with Gasteiger partial charge in [0.25, 0.3) is 0 Å². The van der Waals surface area contributed by atoms with E-state index in [9.17, 15) is 4.79 Å². The highest BCUT2D eigenvalue weighted by Gasteiger charge is 2.20. The van der Waals surface area contributed by atoms with Crippen molar-refractivity contribution in [2.24, 2.45) is 7.05 Å². The van der Waals surface area contributed by atoms with Gasteiger partial charge in [-0.15, -0.1) is 0 Å². The number of amides is 1. The summed E-state index contributed by atoms with van der Waals surface area (Å²) in [7, 11) is 3.54. The molecule has 5 heteroatoms. The van der Waals surface area contributed by atoms with Crippen LogP contribution in [0.1, 0.15) is 34.1 Å². The van der Waals surface area contributed by atoms with E-state index >= 15 is 0 Å². The largest absolute Gasteiger partial charge is 0.497 e. The fourth-order valence-electron chi connectivity index (χ4n) is 3.12. The van der Waals surface area contributed by atoms with Crippen molar-refractivity contribution < 1.29 is 9.53 Å². The molecule has 5 nitrogen and oxygen atoms in total. The fraction of sp³-hybridized carbons (Fsp3) is 0.217. The number of aryl methyl sites for hydroxylation is 3. The Morgan fingerprint density at radius 3 is 2.54 bits per heavy atom. The molecule has 144 valence electrons. The second kappa shape index (κ2) is 8.57. The third-order valence-electron chi connectivity index (χ3n) is 4.69. The molecule has 3 rings (SSSR count). The molecule has 2 aromatic carbocycles. The molecule has 0 saturated carbocycles. The third kappa shape index (κ3) is 4.49. The van der Waals surface area contributed by atoms with Gasteiger partial charge in [0.1, 0.15) is 17.6 Å². The molecule has 3 aromatic rings. The molecule has 1 unspecified atom stereocenters. The predicted molar refractivity (Wildman–Crippen MR) is 111 cm³/mol. The summed E-state index contributed by atoms with van der Waals surface area (Å²) < 4.78 is 7.14. The summed E-state index contributed by atoms with van der Waals surface area (Å²) in [6.45, 7) is 4.10. The Morgan fingerprint density at radius 1 is 1.18 bits per heavy atom. The maximum atomic E-state index is 12.6. The van der Waals surface area contributed by atoms with Crippen molar-refractivity contribution in [2.45, 2.75) is 19.9 Å². The molecule has 0 radical (unpaired) electrons. The molecule has 0 aliphatic carbocycles. The summed E-state index contributed by atoms with van der Waals surface area (Å²) in [5, 5.41) is 3.07. The van der Waals surface area contributed by atoms with E-state index in [0.717, 1.165) is 28.3 Å². The highest BCUT2D eigenvalue weighted by molar-refractivity contribution is 5.92. The molecule has 1 aromatic heterocycles. The molecule has 1 heterocycles. The fourth-order valence-corrected chi connectivity index (χ4v) is 3.12. The first-order chi connectivity index (χ1) is 13.5. The van der Waals surface area contributed by atoms with Crippen LogP contribution in [0.3, 0.4) is 0 Å². The lowest BCUT2D eigenvalue weighted by Gasteiger charge is -2.18. The monoisotopic (exact) mass is 375 g/mol. The van der Waals surface area contributed by atoms with Crippen molar-refractivity contribution >= 4 is 12.0 Å². The molecule has 1 N–H and O–H groups in total. The Hall–Kier alpha value is -3.34. The topological polar surface area (TPSA) is 56.1 Å². The van der Waals surface area contributed by atoms with Crippen molar-refractivity contribution in [3.05, 3.63) is 89.0 Å². The number of nitrogens with one attached hydrogen (secondary N) is 1. The normalized spacial score (nSPS) is 12.1. The number of methoxy groups -OCH3 is 1. The highest BCUT2D eigenvalue weighted by Crippen LogP contribution is 2.23. The molecular weight excluding hydrogens is 350 g/mol. The van der Waals surface area contributed by atoms with Crippen molar-refractivity contribution in [3.63, 3.8) is 0 Å². The van der Waals surface area contributed by atoms with Gasteiger partial charge in [0.2, 0.25) is 5.91 Å². The zero-order chi connectivity index (χ0) is 20.1. The molecular formula is C23H25N3O2. The second-order valence-corrected chi connectivity index (χ2v) is 6.80. The minimum Gasteiger partial charge on any atom is -0.497 e. The first kappa shape index (κ1) is 19.4. The quantitative estimate of drug-likeness (QED) is 0.664. The van der Waals surface area contributed by atoms with Crippen molar-refractivity contribution in [3.8, 4) is 5.75 Å². The first-order valence-corrected chi connectivity index (χ1v) is 9.15. The maximum absolute atomic E-state index is 12.6. The molecule has 0 fully saturated rings. The molecule has 0 saturated heterocycles. The molecule has 28 heavy (non-hydrogen) atoms. The van der Waals surface area contributed by atoms with Gasteiger partial charge in [0.15, 0.2) is 0 Å². The SMILES string of the molecule is COc1ccc(C(NC(=O)/C=C/c2ccc(C)cc2C)c2nccn2C)cc1. The van der Waals surface area contributed by atoms with Crippen molar-refractivity contribution in [1.29, 1.82) is 0 Å². The van der Waals surface area contributed by atoms with Gasteiger partial charge < -0.3 is 14.6 Å². The van der Waals surface area contributed by atoms with Gasteiger partial charge >= 0.3 is 0 Å². The molecule has 1 amide bonds. The number of imidazole rings is 1. The zero-order valence-electron chi connectivity index (χ0n) is 16.6. The summed E-state index contributed by atoms with van der Waals surface area (Å²) in [5.74, 6) is 1.35. The smallest absolute Gasteiger partial charge is 0.244 e. The van der Waals surface area contributed by atoms with E-state index in [1.165, 1.54) is 5.56 Å². The summed E-state index contributed by atoms with van der Waals surface area (Å²) in [6, 6.07) is 13.4. The van der Waals surface area contributed by atoms with Crippen LogP contribution in [0.5, 0.6) is 5.75 Å². The Morgan fingerprint density at radius 2 is 1.93 bits per heavy atom. The minimum absolute atomic E-state index is 0.177.